The minimum Gasteiger partial charge on any atom is -0.479 e. The highest BCUT2D eigenvalue weighted by Gasteiger charge is 2.39. The highest BCUT2D eigenvalue weighted by Crippen LogP contribution is 2.33. The zero-order valence-electron chi connectivity index (χ0n) is 18.7. The number of hydrogen-bond donors (Lipinski definition) is 2. The van der Waals surface area contributed by atoms with Gasteiger partial charge in [-0.05, 0) is 66.9 Å². The van der Waals surface area contributed by atoms with E-state index in [9.17, 15) is 22.4 Å². The number of ether oxygens (including phenoxy) is 1. The van der Waals surface area contributed by atoms with Crippen molar-refractivity contribution >= 4 is 33.2 Å². The molecule has 180 valence electrons. The molecule has 0 saturated carbocycles. The summed E-state index contributed by atoms with van der Waals surface area (Å²) < 4.78 is 47.1. The van der Waals surface area contributed by atoms with Gasteiger partial charge in [-0.2, -0.15) is 4.31 Å². The van der Waals surface area contributed by atoms with E-state index in [4.69, 9.17) is 4.74 Å². The molecule has 0 unspecified atom stereocenters. The van der Waals surface area contributed by atoms with Gasteiger partial charge in [-0.15, -0.1) is 0 Å². The monoisotopic (exact) mass is 495 g/mol. The Kier molecular flexibility index (Phi) is 5.78. The molecule has 35 heavy (non-hydrogen) atoms. The second kappa shape index (κ2) is 8.79. The Morgan fingerprint density at radius 2 is 1.80 bits per heavy atom. The van der Waals surface area contributed by atoms with E-state index in [-0.39, 0.29) is 23.8 Å². The molecule has 2 amide bonds. The van der Waals surface area contributed by atoms with Crippen molar-refractivity contribution in [3.63, 3.8) is 0 Å². The predicted octanol–water partition coefficient (Wildman–Crippen LogP) is 3.30. The number of carbonyl (C=O) groups excluding carboxylic acids is 2. The van der Waals surface area contributed by atoms with E-state index in [2.05, 4.69) is 10.6 Å². The number of nitrogens with one attached hydrogen (secondary N) is 2. The molecular formula is C25H22FN3O5S. The third-order valence-electron chi connectivity index (χ3n) is 6.11. The average Bonchev–Trinajstić information content (AvgIpc) is 2.84. The molecule has 2 aliphatic rings. The largest absolute Gasteiger partial charge is 0.479 e. The van der Waals surface area contributed by atoms with Gasteiger partial charge in [0.25, 0.3) is 5.91 Å². The van der Waals surface area contributed by atoms with Crippen LogP contribution in [-0.4, -0.2) is 36.7 Å². The second-order valence-electron chi connectivity index (χ2n) is 8.44. The van der Waals surface area contributed by atoms with Gasteiger partial charge < -0.3 is 15.4 Å². The van der Waals surface area contributed by atoms with Crippen molar-refractivity contribution < 1.29 is 27.1 Å². The minimum absolute atomic E-state index is 0.0000562. The van der Waals surface area contributed by atoms with E-state index in [1.54, 1.807) is 25.1 Å². The molecule has 0 saturated heterocycles. The minimum atomic E-state index is -4.11. The van der Waals surface area contributed by atoms with Crippen molar-refractivity contribution in [1.82, 2.24) is 4.31 Å². The fourth-order valence-electron chi connectivity index (χ4n) is 4.23. The Hall–Kier alpha value is -3.76. The molecule has 0 bridgehead atoms. The third kappa shape index (κ3) is 4.38. The first-order valence-electron chi connectivity index (χ1n) is 11.0. The van der Waals surface area contributed by atoms with Crippen molar-refractivity contribution in [2.75, 3.05) is 10.6 Å². The first-order chi connectivity index (χ1) is 16.7. The van der Waals surface area contributed by atoms with E-state index < -0.39 is 33.9 Å². The highest BCUT2D eigenvalue weighted by molar-refractivity contribution is 7.89. The van der Waals surface area contributed by atoms with Crippen LogP contribution in [0.5, 0.6) is 5.75 Å². The number of benzene rings is 3. The second-order valence-corrected chi connectivity index (χ2v) is 10.3. The van der Waals surface area contributed by atoms with Gasteiger partial charge in [0.2, 0.25) is 15.9 Å². The number of anilines is 2. The number of rotatable bonds is 4. The van der Waals surface area contributed by atoms with Gasteiger partial charge in [0.1, 0.15) is 17.6 Å². The van der Waals surface area contributed by atoms with Crippen LogP contribution >= 0.6 is 0 Å². The van der Waals surface area contributed by atoms with E-state index in [0.29, 0.717) is 17.1 Å². The van der Waals surface area contributed by atoms with Crippen molar-refractivity contribution in [2.45, 2.75) is 36.9 Å². The summed E-state index contributed by atoms with van der Waals surface area (Å²) in [6.45, 7) is 1.63. The van der Waals surface area contributed by atoms with Crippen LogP contribution in [0.2, 0.25) is 0 Å². The maximum absolute atomic E-state index is 13.5. The Labute approximate surface area is 201 Å². The molecule has 3 aromatic rings. The number of nitrogens with zero attached hydrogens (tertiary/aromatic N) is 1. The van der Waals surface area contributed by atoms with E-state index >= 15 is 0 Å². The zero-order chi connectivity index (χ0) is 24.7. The van der Waals surface area contributed by atoms with Crippen molar-refractivity contribution in [2.24, 2.45) is 0 Å². The summed E-state index contributed by atoms with van der Waals surface area (Å²) in [7, 11) is -4.11. The number of carbonyl (C=O) groups is 2. The fraction of sp³-hybridized carbons (Fsp3) is 0.200. The van der Waals surface area contributed by atoms with Gasteiger partial charge in [0.05, 0.1) is 10.6 Å². The van der Waals surface area contributed by atoms with Gasteiger partial charge in [-0.1, -0.05) is 24.3 Å². The van der Waals surface area contributed by atoms with Crippen molar-refractivity contribution in [3.05, 3.63) is 83.7 Å². The Morgan fingerprint density at radius 1 is 1.09 bits per heavy atom. The first kappa shape index (κ1) is 23.0. The predicted molar refractivity (Wildman–Crippen MR) is 127 cm³/mol. The molecule has 3 aromatic carbocycles. The lowest BCUT2D eigenvalue weighted by Gasteiger charge is -2.35. The summed E-state index contributed by atoms with van der Waals surface area (Å²) in [5.74, 6) is -0.912. The van der Waals surface area contributed by atoms with Gasteiger partial charge in [-0.25, -0.2) is 12.8 Å². The molecule has 0 aliphatic carbocycles. The Morgan fingerprint density at radius 3 is 2.54 bits per heavy atom. The maximum atomic E-state index is 13.5. The molecule has 2 N–H and O–H groups in total. The van der Waals surface area contributed by atoms with E-state index in [0.717, 1.165) is 27.6 Å². The molecular weight excluding hydrogens is 473 g/mol. The lowest BCUT2D eigenvalue weighted by molar-refractivity contribution is -0.122. The standard InChI is InChI=1S/C25H22FN3O5S/c1-15-24(30)28-21-13-19(8-11-23(21)34-15)27-25(31)22-12-16-4-2-3-5-17(16)14-29(22)35(32,33)20-9-6-18(26)7-10-20/h2-11,13,15,22H,12,14H2,1H3,(H,27,31)(H,28,30)/t15-,22-/m1/s1. The number of amides is 2. The van der Waals surface area contributed by atoms with Crippen LogP contribution in [0.15, 0.2) is 71.6 Å². The zero-order valence-corrected chi connectivity index (χ0v) is 19.5. The smallest absolute Gasteiger partial charge is 0.265 e. The first-order valence-corrected chi connectivity index (χ1v) is 12.4. The van der Waals surface area contributed by atoms with Crippen LogP contribution in [-0.2, 0) is 32.6 Å². The number of halogens is 1. The third-order valence-corrected chi connectivity index (χ3v) is 7.98. The molecule has 10 heteroatoms. The van der Waals surface area contributed by atoms with Crippen molar-refractivity contribution in [1.29, 1.82) is 0 Å². The Balaban J connectivity index is 1.46. The van der Waals surface area contributed by atoms with Crippen LogP contribution in [0, 0.1) is 5.82 Å². The summed E-state index contributed by atoms with van der Waals surface area (Å²) >= 11 is 0. The summed E-state index contributed by atoms with van der Waals surface area (Å²) in [5, 5.41) is 5.49. The van der Waals surface area contributed by atoms with E-state index in [1.807, 2.05) is 24.3 Å². The molecule has 2 heterocycles. The summed E-state index contributed by atoms with van der Waals surface area (Å²) in [5.41, 5.74) is 2.46. The van der Waals surface area contributed by atoms with Crippen LogP contribution in [0.25, 0.3) is 0 Å². The quantitative estimate of drug-likeness (QED) is 0.578. The highest BCUT2D eigenvalue weighted by atomic mass is 32.2. The molecule has 0 radical (unpaired) electrons. The van der Waals surface area contributed by atoms with Gasteiger partial charge in [0, 0.05) is 12.2 Å². The topological polar surface area (TPSA) is 105 Å². The molecule has 0 spiro atoms. The number of hydrogen-bond acceptors (Lipinski definition) is 5. The SMILES string of the molecule is C[C@H]1Oc2ccc(NC(=O)[C@H]3Cc4ccccc4CN3S(=O)(=O)c3ccc(F)cc3)cc2NC1=O. The normalized spacial score (nSPS) is 19.7. The number of fused-ring (bicyclic) bond motifs is 2. The van der Waals surface area contributed by atoms with Crippen LogP contribution < -0.4 is 15.4 Å². The summed E-state index contributed by atoms with van der Waals surface area (Å²) in [6, 6.07) is 15.6. The lowest BCUT2D eigenvalue weighted by Crippen LogP contribution is -2.50. The fourth-order valence-corrected chi connectivity index (χ4v) is 5.79. The molecule has 0 aromatic heterocycles. The van der Waals surface area contributed by atoms with Crippen LogP contribution in [0.4, 0.5) is 15.8 Å². The molecule has 2 aliphatic heterocycles. The van der Waals surface area contributed by atoms with Crippen LogP contribution in [0.1, 0.15) is 18.1 Å². The molecule has 2 atom stereocenters. The molecule has 8 nitrogen and oxygen atoms in total. The van der Waals surface area contributed by atoms with Crippen molar-refractivity contribution in [3.8, 4) is 5.75 Å². The molecule has 5 rings (SSSR count). The average molecular weight is 496 g/mol. The van der Waals surface area contributed by atoms with Crippen LogP contribution in [0.3, 0.4) is 0 Å². The van der Waals surface area contributed by atoms with Gasteiger partial charge >= 0.3 is 0 Å². The molecule has 0 fully saturated rings. The lowest BCUT2D eigenvalue weighted by atomic mass is 9.95. The summed E-state index contributed by atoms with van der Waals surface area (Å²) in [4.78, 5) is 25.3. The number of sulfonamides is 1. The Bertz CT molecular complexity index is 1430. The van der Waals surface area contributed by atoms with E-state index in [1.165, 1.54) is 12.1 Å². The maximum Gasteiger partial charge on any atom is 0.265 e. The summed E-state index contributed by atoms with van der Waals surface area (Å²) in [6.07, 6.45) is -0.458. The van der Waals surface area contributed by atoms with Gasteiger partial charge in [-0.3, -0.25) is 9.59 Å². The van der Waals surface area contributed by atoms with Gasteiger partial charge in [0.15, 0.2) is 6.10 Å².